The Morgan fingerprint density at radius 2 is 2.03 bits per heavy atom. The standard InChI is InChI=1S/C24H38FN7O3/c1-4-19-26-21(20(25)22(27-19)31-13-18(30(2)3)24(14-31)9-10-24)28-29-23(34)17(12-32(35)15-33)11-16-7-5-6-8-16/h15-18,35H,4-14H2,1-3H3,(H,29,34)(H,26,27,28)/t17-,18?/m0/s1. The highest BCUT2D eigenvalue weighted by Crippen LogP contribution is 2.54. The number of rotatable bonds is 11. The molecule has 1 aromatic rings. The highest BCUT2D eigenvalue weighted by Gasteiger charge is 2.56. The van der Waals surface area contributed by atoms with Gasteiger partial charge in [-0.2, -0.15) is 4.39 Å². The third-order valence-corrected chi connectivity index (χ3v) is 7.91. The van der Waals surface area contributed by atoms with Crippen LogP contribution in [0.2, 0.25) is 0 Å². The van der Waals surface area contributed by atoms with Gasteiger partial charge in [0.05, 0.1) is 12.5 Å². The first-order valence-corrected chi connectivity index (χ1v) is 12.7. The topological polar surface area (TPSA) is 114 Å². The number of likely N-dealkylation sites (N-methyl/N-ethyl adjacent to an activating group) is 1. The van der Waals surface area contributed by atoms with E-state index in [-0.39, 0.29) is 30.0 Å². The predicted octanol–water partition coefficient (Wildman–Crippen LogP) is 2.20. The Labute approximate surface area is 206 Å². The van der Waals surface area contributed by atoms with Crippen molar-refractivity contribution in [3.63, 3.8) is 0 Å². The minimum atomic E-state index is -0.620. The number of aryl methyl sites for hydroxylation is 1. The summed E-state index contributed by atoms with van der Waals surface area (Å²) in [6.07, 6.45) is 7.92. The van der Waals surface area contributed by atoms with Gasteiger partial charge in [0, 0.05) is 31.0 Å². The molecule has 1 unspecified atom stereocenters. The molecular weight excluding hydrogens is 453 g/mol. The molecule has 3 fully saturated rings. The Kier molecular flexibility index (Phi) is 7.75. The van der Waals surface area contributed by atoms with E-state index in [1.54, 1.807) is 0 Å². The maximum Gasteiger partial charge on any atom is 0.243 e. The van der Waals surface area contributed by atoms with Crippen LogP contribution in [-0.4, -0.2) is 77.2 Å². The first-order chi connectivity index (χ1) is 16.8. The summed E-state index contributed by atoms with van der Waals surface area (Å²) >= 11 is 0. The molecule has 1 aliphatic heterocycles. The number of hydrazine groups is 1. The highest BCUT2D eigenvalue weighted by atomic mass is 19.1. The molecule has 194 valence electrons. The van der Waals surface area contributed by atoms with Gasteiger partial charge in [0.1, 0.15) is 5.82 Å². The lowest BCUT2D eigenvalue weighted by Gasteiger charge is -2.24. The highest BCUT2D eigenvalue weighted by molar-refractivity contribution is 5.80. The van der Waals surface area contributed by atoms with Crippen molar-refractivity contribution < 1.29 is 19.2 Å². The molecule has 3 aliphatic rings. The molecular formula is C24H38FN7O3. The molecule has 1 spiro atoms. The fourth-order valence-corrected chi connectivity index (χ4v) is 5.81. The van der Waals surface area contributed by atoms with Crippen LogP contribution in [0.25, 0.3) is 0 Å². The molecule has 0 bridgehead atoms. The van der Waals surface area contributed by atoms with Crippen molar-refractivity contribution in [3.8, 4) is 0 Å². The van der Waals surface area contributed by atoms with E-state index in [4.69, 9.17) is 0 Å². The number of aromatic nitrogens is 2. The molecule has 1 aromatic heterocycles. The summed E-state index contributed by atoms with van der Waals surface area (Å²) in [6.45, 7) is 3.23. The van der Waals surface area contributed by atoms with Crippen LogP contribution in [0.1, 0.15) is 57.7 Å². The number of nitrogens with zero attached hydrogens (tertiary/aromatic N) is 5. The molecule has 2 saturated carbocycles. The number of nitrogens with one attached hydrogen (secondary N) is 2. The molecule has 0 radical (unpaired) electrons. The van der Waals surface area contributed by atoms with Gasteiger partial charge >= 0.3 is 0 Å². The van der Waals surface area contributed by atoms with Crippen LogP contribution in [0.3, 0.4) is 0 Å². The Hall–Kier alpha value is -2.53. The lowest BCUT2D eigenvalue weighted by Crippen LogP contribution is -2.41. The normalized spacial score (nSPS) is 22.0. The van der Waals surface area contributed by atoms with Gasteiger partial charge in [-0.25, -0.2) is 15.0 Å². The number of hydrogen-bond acceptors (Lipinski definition) is 8. The molecule has 35 heavy (non-hydrogen) atoms. The second kappa shape index (κ2) is 10.6. The van der Waals surface area contributed by atoms with E-state index in [0.29, 0.717) is 42.2 Å². The zero-order chi connectivity index (χ0) is 25.2. The third kappa shape index (κ3) is 5.66. The number of carbonyl (C=O) groups is 2. The van der Waals surface area contributed by atoms with Gasteiger partial charge in [-0.3, -0.25) is 25.6 Å². The van der Waals surface area contributed by atoms with Gasteiger partial charge in [-0.1, -0.05) is 32.6 Å². The number of halogens is 1. The number of hydrogen-bond donors (Lipinski definition) is 3. The van der Waals surface area contributed by atoms with Gasteiger partial charge in [0.2, 0.25) is 18.1 Å². The Balaban J connectivity index is 1.48. The van der Waals surface area contributed by atoms with Crippen LogP contribution in [0, 0.1) is 23.1 Å². The Morgan fingerprint density at radius 1 is 1.31 bits per heavy atom. The van der Waals surface area contributed by atoms with Gasteiger partial charge < -0.3 is 9.80 Å². The monoisotopic (exact) mass is 491 g/mol. The average molecular weight is 492 g/mol. The second-order valence-corrected chi connectivity index (χ2v) is 10.6. The second-order valence-electron chi connectivity index (χ2n) is 10.6. The molecule has 10 nitrogen and oxygen atoms in total. The first kappa shape index (κ1) is 25.6. The van der Waals surface area contributed by atoms with Crippen LogP contribution in [-0.2, 0) is 16.0 Å². The van der Waals surface area contributed by atoms with Gasteiger partial charge in [-0.05, 0) is 39.3 Å². The van der Waals surface area contributed by atoms with Gasteiger partial charge in [-0.15, -0.1) is 0 Å². The van der Waals surface area contributed by atoms with Crippen molar-refractivity contribution in [2.45, 2.75) is 64.3 Å². The fraction of sp³-hybridized carbons (Fsp3) is 0.750. The van der Waals surface area contributed by atoms with Crippen molar-refractivity contribution in [2.75, 3.05) is 44.1 Å². The third-order valence-electron chi connectivity index (χ3n) is 7.91. The molecule has 1 saturated heterocycles. The molecule has 2 heterocycles. The van der Waals surface area contributed by atoms with Crippen molar-refractivity contribution in [1.82, 2.24) is 25.4 Å². The predicted molar refractivity (Wildman–Crippen MR) is 129 cm³/mol. The van der Waals surface area contributed by atoms with E-state index in [2.05, 4.69) is 39.8 Å². The Bertz CT molecular complexity index is 921. The number of anilines is 2. The molecule has 3 N–H and O–H groups in total. The number of carbonyl (C=O) groups excluding carboxylic acids is 2. The summed E-state index contributed by atoms with van der Waals surface area (Å²) in [6, 6.07) is 0.341. The lowest BCUT2D eigenvalue weighted by atomic mass is 9.92. The summed E-state index contributed by atoms with van der Waals surface area (Å²) in [5.74, 6) is -0.591. The zero-order valence-electron chi connectivity index (χ0n) is 21.0. The number of hydroxylamine groups is 2. The molecule has 2 atom stereocenters. The molecule has 2 aliphatic carbocycles. The van der Waals surface area contributed by atoms with Gasteiger partial charge in [0.25, 0.3) is 0 Å². The average Bonchev–Trinajstić information content (AvgIpc) is 3.24. The van der Waals surface area contributed by atoms with E-state index in [1.165, 1.54) is 0 Å². The SMILES string of the molecule is CCc1nc(NNC(=O)[C@@H](CC2CCCC2)CN(O)C=O)c(F)c(N2CC(N(C)C)C3(CC3)C2)n1. The van der Waals surface area contributed by atoms with E-state index < -0.39 is 17.6 Å². The maximum absolute atomic E-state index is 15.6. The van der Waals surface area contributed by atoms with Crippen LogP contribution in [0.4, 0.5) is 16.0 Å². The molecule has 2 amide bonds. The minimum Gasteiger partial charge on any atom is -0.352 e. The van der Waals surface area contributed by atoms with Crippen molar-refractivity contribution in [2.24, 2.45) is 17.3 Å². The van der Waals surface area contributed by atoms with E-state index in [0.717, 1.165) is 45.1 Å². The first-order valence-electron chi connectivity index (χ1n) is 12.7. The van der Waals surface area contributed by atoms with E-state index in [1.807, 2.05) is 11.8 Å². The lowest BCUT2D eigenvalue weighted by molar-refractivity contribution is -0.154. The van der Waals surface area contributed by atoms with Crippen molar-refractivity contribution in [3.05, 3.63) is 11.6 Å². The van der Waals surface area contributed by atoms with E-state index in [9.17, 15) is 14.8 Å². The van der Waals surface area contributed by atoms with Crippen molar-refractivity contribution in [1.29, 1.82) is 0 Å². The van der Waals surface area contributed by atoms with Crippen LogP contribution in [0.5, 0.6) is 0 Å². The largest absolute Gasteiger partial charge is 0.352 e. The molecule has 4 rings (SSSR count). The van der Waals surface area contributed by atoms with E-state index >= 15 is 4.39 Å². The number of amides is 2. The fourth-order valence-electron chi connectivity index (χ4n) is 5.81. The molecule has 11 heteroatoms. The maximum atomic E-state index is 15.6. The van der Waals surface area contributed by atoms with Crippen LogP contribution in [0.15, 0.2) is 0 Å². The Morgan fingerprint density at radius 3 is 2.60 bits per heavy atom. The van der Waals surface area contributed by atoms with Gasteiger partial charge in [0.15, 0.2) is 11.6 Å². The summed E-state index contributed by atoms with van der Waals surface area (Å²) in [5, 5.41) is 10.2. The minimum absolute atomic E-state index is 0.0748. The molecule has 0 aromatic carbocycles. The quantitative estimate of drug-likeness (QED) is 0.245. The summed E-state index contributed by atoms with van der Waals surface area (Å²) in [7, 11) is 4.12. The summed E-state index contributed by atoms with van der Waals surface area (Å²) in [5.41, 5.74) is 5.43. The van der Waals surface area contributed by atoms with Crippen LogP contribution >= 0.6 is 0 Å². The zero-order valence-corrected chi connectivity index (χ0v) is 21.0. The van der Waals surface area contributed by atoms with Crippen molar-refractivity contribution >= 4 is 24.0 Å². The summed E-state index contributed by atoms with van der Waals surface area (Å²) in [4.78, 5) is 36.9. The summed E-state index contributed by atoms with van der Waals surface area (Å²) < 4.78 is 15.6. The smallest absolute Gasteiger partial charge is 0.243 e. The van der Waals surface area contributed by atoms with Crippen LogP contribution < -0.4 is 15.8 Å².